The van der Waals surface area contributed by atoms with E-state index in [-0.39, 0.29) is 23.7 Å². The van der Waals surface area contributed by atoms with E-state index in [4.69, 9.17) is 0 Å². The van der Waals surface area contributed by atoms with Gasteiger partial charge in [0.25, 0.3) is 0 Å². The van der Waals surface area contributed by atoms with Crippen LogP contribution >= 0.6 is 0 Å². The van der Waals surface area contributed by atoms with Crippen molar-refractivity contribution in [2.45, 2.75) is 31.7 Å². The molecule has 1 aromatic heterocycles. The van der Waals surface area contributed by atoms with Gasteiger partial charge in [-0.2, -0.15) is 0 Å². The molecule has 8 nitrogen and oxygen atoms in total. The molecule has 0 spiro atoms. The highest BCUT2D eigenvalue weighted by atomic mass is 16.4. The Bertz CT molecular complexity index is 1160. The summed E-state index contributed by atoms with van der Waals surface area (Å²) in [6, 6.07) is 12.9. The van der Waals surface area contributed by atoms with Crippen molar-refractivity contribution in [3.63, 3.8) is 0 Å². The number of ketones is 2. The number of nitrogens with zero attached hydrogens (tertiary/aromatic N) is 4. The average molecular weight is 403 g/mol. The van der Waals surface area contributed by atoms with E-state index in [0.29, 0.717) is 48.0 Å². The molecule has 0 N–H and O–H groups in total. The van der Waals surface area contributed by atoms with Crippen molar-refractivity contribution < 1.29 is 19.5 Å². The topological polar surface area (TPSA) is 117 Å². The monoisotopic (exact) mass is 403 g/mol. The molecule has 1 atom stereocenters. The van der Waals surface area contributed by atoms with E-state index in [0.717, 1.165) is 0 Å². The number of carbonyl (C=O) groups excluding carboxylic acids is 3. The molecule has 1 aliphatic carbocycles. The van der Waals surface area contributed by atoms with E-state index in [1.54, 1.807) is 36.4 Å². The van der Waals surface area contributed by atoms with Gasteiger partial charge in [0.15, 0.2) is 11.8 Å². The summed E-state index contributed by atoms with van der Waals surface area (Å²) in [5, 5.41) is 18.8. The van der Waals surface area contributed by atoms with E-state index in [1.807, 2.05) is 12.1 Å². The van der Waals surface area contributed by atoms with Crippen LogP contribution in [-0.2, 0) is 4.79 Å². The van der Waals surface area contributed by atoms with Crippen molar-refractivity contribution in [1.29, 1.82) is 0 Å². The summed E-state index contributed by atoms with van der Waals surface area (Å²) >= 11 is 0. The molecule has 8 heteroatoms. The second-order valence-corrected chi connectivity index (χ2v) is 7.11. The summed E-state index contributed by atoms with van der Waals surface area (Å²) in [5.74, 6) is -1.63. The molecule has 4 rings (SSSR count). The zero-order valence-corrected chi connectivity index (χ0v) is 16.2. The fourth-order valence-corrected chi connectivity index (χ4v) is 3.65. The molecule has 0 fully saturated rings. The van der Waals surface area contributed by atoms with Gasteiger partial charge in [0.2, 0.25) is 5.78 Å². The maximum absolute atomic E-state index is 13.3. The Balaban J connectivity index is 1.69. The molecule has 0 bridgehead atoms. The third-order valence-electron chi connectivity index (χ3n) is 5.12. The van der Waals surface area contributed by atoms with Gasteiger partial charge in [-0.1, -0.05) is 48.0 Å². The Morgan fingerprint density at radius 3 is 2.53 bits per heavy atom. The highest BCUT2D eigenvalue weighted by Gasteiger charge is 2.40. The number of hydrogen-bond acceptors (Lipinski definition) is 7. The molecular weight excluding hydrogens is 384 g/mol. The number of aliphatic carboxylic acids is 1. The molecule has 2 aromatic carbocycles. The number of carboxylic acid groups (broad SMARTS) is 1. The van der Waals surface area contributed by atoms with E-state index in [1.165, 1.54) is 4.68 Å². The number of carboxylic acids is 1. The van der Waals surface area contributed by atoms with Crippen LogP contribution < -0.4 is 5.11 Å². The molecule has 1 unspecified atom stereocenters. The van der Waals surface area contributed by atoms with Crippen molar-refractivity contribution in [2.75, 3.05) is 6.54 Å². The van der Waals surface area contributed by atoms with E-state index in [9.17, 15) is 19.5 Å². The molecule has 0 saturated heterocycles. The molecule has 0 aliphatic heterocycles. The molecule has 3 aromatic rings. The van der Waals surface area contributed by atoms with E-state index in [2.05, 4.69) is 15.3 Å². The molecular formula is C22H19N4O4-. The first-order valence-corrected chi connectivity index (χ1v) is 9.80. The van der Waals surface area contributed by atoms with Crippen molar-refractivity contribution in [3.8, 4) is 0 Å². The van der Waals surface area contributed by atoms with Crippen LogP contribution in [0.5, 0.6) is 0 Å². The van der Waals surface area contributed by atoms with Gasteiger partial charge in [0.05, 0.1) is 5.52 Å². The third-order valence-corrected chi connectivity index (χ3v) is 5.12. The highest BCUT2D eigenvalue weighted by Crippen LogP contribution is 2.29. The van der Waals surface area contributed by atoms with Crippen LogP contribution in [0.15, 0.2) is 53.5 Å². The fourth-order valence-electron chi connectivity index (χ4n) is 3.65. The van der Waals surface area contributed by atoms with Crippen LogP contribution in [0.3, 0.4) is 0 Å². The molecule has 1 heterocycles. The number of Topliss-reactive ketones (excluding diaryl/α,β-unsaturated/α-hetero) is 2. The number of para-hydroxylation sites is 1. The summed E-state index contributed by atoms with van der Waals surface area (Å²) in [4.78, 5) is 41.5. The first-order valence-electron chi connectivity index (χ1n) is 9.80. The number of carbonyl (C=O) groups is 3. The first kappa shape index (κ1) is 19.6. The number of aliphatic imine (C=N–C) groups is 1. The SMILES string of the molecule is O=C([O-])CCCCCN=C1C(=O)c2ccccc2C(=O)C1n1nnc2ccccc21. The van der Waals surface area contributed by atoms with Crippen LogP contribution in [0.1, 0.15) is 52.4 Å². The Morgan fingerprint density at radius 2 is 1.73 bits per heavy atom. The maximum Gasteiger partial charge on any atom is 0.210 e. The van der Waals surface area contributed by atoms with Crippen LogP contribution in [0.4, 0.5) is 0 Å². The minimum atomic E-state index is -1.08. The zero-order chi connectivity index (χ0) is 21.1. The quantitative estimate of drug-likeness (QED) is 0.555. The lowest BCUT2D eigenvalue weighted by atomic mass is 9.84. The van der Waals surface area contributed by atoms with Crippen LogP contribution in [0, 0.1) is 0 Å². The number of rotatable bonds is 7. The molecule has 30 heavy (non-hydrogen) atoms. The smallest absolute Gasteiger partial charge is 0.210 e. The van der Waals surface area contributed by atoms with Gasteiger partial charge in [-0.25, -0.2) is 4.68 Å². The first-order chi connectivity index (χ1) is 14.6. The molecule has 0 amide bonds. The van der Waals surface area contributed by atoms with Gasteiger partial charge in [0, 0.05) is 23.6 Å². The van der Waals surface area contributed by atoms with Crippen molar-refractivity contribution in [2.24, 2.45) is 4.99 Å². The number of hydrogen-bond donors (Lipinski definition) is 0. The van der Waals surface area contributed by atoms with Crippen LogP contribution in [0.2, 0.25) is 0 Å². The Morgan fingerprint density at radius 1 is 1.00 bits per heavy atom. The standard InChI is InChI=1S/C22H20N4O4/c27-18(28)12-2-1-7-13-23-19-20(26-17-11-6-5-10-16(17)24-25-26)22(30)15-9-4-3-8-14(15)21(19)29/h3-6,8-11,20H,1-2,7,12-13H2,(H,27,28)/p-1. The lowest BCUT2D eigenvalue weighted by Gasteiger charge is -2.24. The normalized spacial score (nSPS) is 17.5. The van der Waals surface area contributed by atoms with Gasteiger partial charge in [-0.05, 0) is 31.4 Å². The van der Waals surface area contributed by atoms with Gasteiger partial charge in [-0.15, -0.1) is 5.10 Å². The van der Waals surface area contributed by atoms with Crippen molar-refractivity contribution in [3.05, 3.63) is 59.7 Å². The van der Waals surface area contributed by atoms with E-state index < -0.39 is 12.0 Å². The summed E-state index contributed by atoms with van der Waals surface area (Å²) in [6.45, 7) is 0.312. The maximum atomic E-state index is 13.3. The average Bonchev–Trinajstić information content (AvgIpc) is 3.17. The van der Waals surface area contributed by atoms with Crippen LogP contribution in [-0.4, -0.2) is 44.8 Å². The summed E-state index contributed by atoms with van der Waals surface area (Å²) in [6.07, 6.45) is 1.72. The second-order valence-electron chi connectivity index (χ2n) is 7.11. The highest BCUT2D eigenvalue weighted by molar-refractivity contribution is 6.54. The lowest BCUT2D eigenvalue weighted by Crippen LogP contribution is -2.39. The zero-order valence-electron chi connectivity index (χ0n) is 16.2. The summed E-state index contributed by atoms with van der Waals surface area (Å²) in [5.41, 5.74) is 2.08. The third kappa shape index (κ3) is 3.63. The lowest BCUT2D eigenvalue weighted by molar-refractivity contribution is -0.305. The van der Waals surface area contributed by atoms with Gasteiger partial charge in [0.1, 0.15) is 11.2 Å². The molecule has 1 aliphatic rings. The van der Waals surface area contributed by atoms with Gasteiger partial charge in [-0.3, -0.25) is 14.6 Å². The largest absolute Gasteiger partial charge is 0.550 e. The predicted octanol–water partition coefficient (Wildman–Crippen LogP) is 1.80. The van der Waals surface area contributed by atoms with Crippen LogP contribution in [0.25, 0.3) is 11.0 Å². The molecule has 0 radical (unpaired) electrons. The Kier molecular flexibility index (Phi) is 5.47. The van der Waals surface area contributed by atoms with Gasteiger partial charge < -0.3 is 9.90 Å². The number of unbranched alkanes of at least 4 members (excludes halogenated alkanes) is 2. The van der Waals surface area contributed by atoms with E-state index >= 15 is 0 Å². The van der Waals surface area contributed by atoms with Gasteiger partial charge >= 0.3 is 0 Å². The minimum Gasteiger partial charge on any atom is -0.550 e. The minimum absolute atomic E-state index is 0.00503. The Labute approximate surface area is 172 Å². The number of benzene rings is 2. The summed E-state index contributed by atoms with van der Waals surface area (Å²) in [7, 11) is 0. The molecule has 152 valence electrons. The predicted molar refractivity (Wildman–Crippen MR) is 107 cm³/mol. The van der Waals surface area contributed by atoms with Crippen molar-refractivity contribution >= 4 is 34.3 Å². The Hall–Kier alpha value is -3.68. The van der Waals surface area contributed by atoms with Crippen molar-refractivity contribution in [1.82, 2.24) is 15.0 Å². The summed E-state index contributed by atoms with van der Waals surface area (Å²) < 4.78 is 1.46. The molecule has 0 saturated carbocycles. The number of fused-ring (bicyclic) bond motifs is 2. The number of aromatic nitrogens is 3. The fraction of sp³-hybridized carbons (Fsp3) is 0.273. The second kappa shape index (κ2) is 8.36.